The van der Waals surface area contributed by atoms with Gasteiger partial charge in [-0.2, -0.15) is 13.2 Å². The van der Waals surface area contributed by atoms with Gasteiger partial charge in [-0.3, -0.25) is 4.79 Å². The van der Waals surface area contributed by atoms with Crippen molar-refractivity contribution in [2.45, 2.75) is 32.4 Å². The van der Waals surface area contributed by atoms with Crippen molar-refractivity contribution in [3.05, 3.63) is 59.2 Å². The standard InChI is InChI=1S/C20H21F3N2O/c1-14-5-7-15(8-6-14)19(26)24-17-13-16(20(21,22)23)9-10-18(17)25-11-3-2-4-12-25/h5-10,13H,2-4,11-12H2,1H3,(H,24,26). The highest BCUT2D eigenvalue weighted by molar-refractivity contribution is 6.06. The zero-order valence-corrected chi connectivity index (χ0v) is 14.6. The number of alkyl halides is 3. The molecular formula is C20H21F3N2O. The molecule has 1 aliphatic heterocycles. The predicted octanol–water partition coefficient (Wildman–Crippen LogP) is 5.26. The molecule has 0 spiro atoms. The highest BCUT2D eigenvalue weighted by atomic mass is 19.4. The third-order valence-corrected chi connectivity index (χ3v) is 4.58. The first kappa shape index (κ1) is 18.3. The zero-order chi connectivity index (χ0) is 18.7. The summed E-state index contributed by atoms with van der Waals surface area (Å²) in [4.78, 5) is 14.5. The topological polar surface area (TPSA) is 32.3 Å². The maximum absolute atomic E-state index is 13.1. The Bertz CT molecular complexity index is 779. The third kappa shape index (κ3) is 4.18. The van der Waals surface area contributed by atoms with E-state index in [2.05, 4.69) is 5.32 Å². The molecule has 3 nitrogen and oxygen atoms in total. The number of benzene rings is 2. The van der Waals surface area contributed by atoms with Crippen LogP contribution in [0.1, 0.15) is 40.7 Å². The van der Waals surface area contributed by atoms with Crippen molar-refractivity contribution in [2.24, 2.45) is 0 Å². The van der Waals surface area contributed by atoms with Crippen LogP contribution >= 0.6 is 0 Å². The number of halogens is 3. The number of nitrogens with one attached hydrogen (secondary N) is 1. The molecule has 1 heterocycles. The lowest BCUT2D eigenvalue weighted by atomic mass is 10.1. The van der Waals surface area contributed by atoms with Gasteiger partial charge in [-0.15, -0.1) is 0 Å². The van der Waals surface area contributed by atoms with Crippen LogP contribution in [-0.4, -0.2) is 19.0 Å². The van der Waals surface area contributed by atoms with E-state index in [-0.39, 0.29) is 5.69 Å². The first-order valence-corrected chi connectivity index (χ1v) is 8.69. The summed E-state index contributed by atoms with van der Waals surface area (Å²) in [6.45, 7) is 3.46. The molecule has 6 heteroatoms. The molecule has 0 radical (unpaired) electrons. The van der Waals surface area contributed by atoms with Gasteiger partial charge in [0.25, 0.3) is 5.91 Å². The smallest absolute Gasteiger partial charge is 0.370 e. The largest absolute Gasteiger partial charge is 0.416 e. The van der Waals surface area contributed by atoms with Gasteiger partial charge in [0.1, 0.15) is 0 Å². The van der Waals surface area contributed by atoms with E-state index in [1.807, 2.05) is 11.8 Å². The Morgan fingerprint density at radius 3 is 2.27 bits per heavy atom. The molecule has 1 aliphatic rings. The molecule has 1 fully saturated rings. The molecule has 1 saturated heterocycles. The summed E-state index contributed by atoms with van der Waals surface area (Å²) < 4.78 is 39.4. The zero-order valence-electron chi connectivity index (χ0n) is 14.6. The Labute approximate surface area is 150 Å². The second kappa shape index (κ2) is 7.40. The van der Waals surface area contributed by atoms with Gasteiger partial charge in [0, 0.05) is 18.7 Å². The number of carbonyl (C=O) groups is 1. The lowest BCUT2D eigenvalue weighted by Crippen LogP contribution is -2.30. The van der Waals surface area contributed by atoms with Crippen LogP contribution in [0.2, 0.25) is 0 Å². The average molecular weight is 362 g/mol. The van der Waals surface area contributed by atoms with Crippen LogP contribution in [0.25, 0.3) is 0 Å². The molecule has 26 heavy (non-hydrogen) atoms. The maximum Gasteiger partial charge on any atom is 0.416 e. The lowest BCUT2D eigenvalue weighted by Gasteiger charge is -2.31. The summed E-state index contributed by atoms with van der Waals surface area (Å²) in [5, 5.41) is 2.68. The minimum absolute atomic E-state index is 0.201. The number of carbonyl (C=O) groups excluding carboxylic acids is 1. The van der Waals surface area contributed by atoms with Crippen molar-refractivity contribution in [3.63, 3.8) is 0 Å². The van der Waals surface area contributed by atoms with Gasteiger partial charge in [0.05, 0.1) is 16.9 Å². The summed E-state index contributed by atoms with van der Waals surface area (Å²) >= 11 is 0. The first-order valence-electron chi connectivity index (χ1n) is 8.69. The summed E-state index contributed by atoms with van der Waals surface area (Å²) in [5.41, 5.74) is 1.50. The number of hydrogen-bond acceptors (Lipinski definition) is 2. The van der Waals surface area contributed by atoms with E-state index in [1.165, 1.54) is 6.07 Å². The number of amides is 1. The van der Waals surface area contributed by atoms with E-state index < -0.39 is 17.6 Å². The van der Waals surface area contributed by atoms with Crippen molar-refractivity contribution in [1.29, 1.82) is 0 Å². The van der Waals surface area contributed by atoms with E-state index in [9.17, 15) is 18.0 Å². The second-order valence-corrected chi connectivity index (χ2v) is 6.60. The SMILES string of the molecule is Cc1ccc(C(=O)Nc2cc(C(F)(F)F)ccc2N2CCCCC2)cc1. The molecule has 0 aliphatic carbocycles. The van der Waals surface area contributed by atoms with Crippen LogP contribution < -0.4 is 10.2 Å². The van der Waals surface area contributed by atoms with Crippen LogP contribution in [-0.2, 0) is 6.18 Å². The Morgan fingerprint density at radius 2 is 1.65 bits per heavy atom. The third-order valence-electron chi connectivity index (χ3n) is 4.58. The Kier molecular flexibility index (Phi) is 5.20. The minimum atomic E-state index is -4.45. The molecule has 138 valence electrons. The minimum Gasteiger partial charge on any atom is -0.370 e. The fourth-order valence-corrected chi connectivity index (χ4v) is 3.12. The number of aryl methyl sites for hydroxylation is 1. The van der Waals surface area contributed by atoms with Crippen molar-refractivity contribution in [1.82, 2.24) is 0 Å². The normalized spacial score (nSPS) is 15.0. The quantitative estimate of drug-likeness (QED) is 0.808. The fourth-order valence-electron chi connectivity index (χ4n) is 3.12. The number of hydrogen-bond donors (Lipinski definition) is 1. The van der Waals surface area contributed by atoms with Gasteiger partial charge < -0.3 is 10.2 Å². The average Bonchev–Trinajstić information content (AvgIpc) is 2.62. The Balaban J connectivity index is 1.93. The molecule has 0 bridgehead atoms. The molecule has 0 saturated carbocycles. The van der Waals surface area contributed by atoms with Crippen molar-refractivity contribution < 1.29 is 18.0 Å². The van der Waals surface area contributed by atoms with Crippen LogP contribution in [0.5, 0.6) is 0 Å². The molecule has 1 amide bonds. The molecule has 1 N–H and O–H groups in total. The first-order chi connectivity index (χ1) is 12.3. The van der Waals surface area contributed by atoms with Crippen molar-refractivity contribution in [2.75, 3.05) is 23.3 Å². The van der Waals surface area contributed by atoms with Crippen LogP contribution in [0.4, 0.5) is 24.5 Å². The van der Waals surface area contributed by atoms with Crippen molar-refractivity contribution >= 4 is 17.3 Å². The predicted molar refractivity (Wildman–Crippen MR) is 96.6 cm³/mol. The number of rotatable bonds is 3. The Hall–Kier alpha value is -2.50. The second-order valence-electron chi connectivity index (χ2n) is 6.60. The van der Waals surface area contributed by atoms with Crippen LogP contribution in [0.15, 0.2) is 42.5 Å². The monoisotopic (exact) mass is 362 g/mol. The summed E-state index contributed by atoms with van der Waals surface area (Å²) in [6.07, 6.45) is -1.36. The lowest BCUT2D eigenvalue weighted by molar-refractivity contribution is -0.137. The highest BCUT2D eigenvalue weighted by Crippen LogP contribution is 2.36. The number of piperidine rings is 1. The van der Waals surface area contributed by atoms with Gasteiger partial charge in [-0.05, 0) is 56.5 Å². The van der Waals surface area contributed by atoms with Crippen LogP contribution in [0.3, 0.4) is 0 Å². The van der Waals surface area contributed by atoms with Gasteiger partial charge in [0.15, 0.2) is 0 Å². The molecule has 0 atom stereocenters. The van der Waals surface area contributed by atoms with E-state index in [0.29, 0.717) is 11.3 Å². The van der Waals surface area contributed by atoms with Gasteiger partial charge in [-0.25, -0.2) is 0 Å². The maximum atomic E-state index is 13.1. The van der Waals surface area contributed by atoms with E-state index in [1.54, 1.807) is 24.3 Å². The van der Waals surface area contributed by atoms with E-state index >= 15 is 0 Å². The highest BCUT2D eigenvalue weighted by Gasteiger charge is 2.32. The summed E-state index contributed by atoms with van der Waals surface area (Å²) in [5.74, 6) is -0.414. The van der Waals surface area contributed by atoms with E-state index in [0.717, 1.165) is 50.0 Å². The van der Waals surface area contributed by atoms with Crippen molar-refractivity contribution in [3.8, 4) is 0 Å². The molecule has 0 unspecified atom stereocenters. The van der Waals surface area contributed by atoms with Gasteiger partial charge in [0.2, 0.25) is 0 Å². The van der Waals surface area contributed by atoms with Gasteiger partial charge in [-0.1, -0.05) is 17.7 Å². The summed E-state index contributed by atoms with van der Waals surface area (Å²) in [7, 11) is 0. The summed E-state index contributed by atoms with van der Waals surface area (Å²) in [6, 6.07) is 10.5. The molecule has 0 aromatic heterocycles. The number of anilines is 2. The van der Waals surface area contributed by atoms with Gasteiger partial charge >= 0.3 is 6.18 Å². The fraction of sp³-hybridized carbons (Fsp3) is 0.350. The number of nitrogens with zero attached hydrogens (tertiary/aromatic N) is 1. The molecule has 2 aromatic carbocycles. The molecular weight excluding hydrogens is 341 g/mol. The Morgan fingerprint density at radius 1 is 1.00 bits per heavy atom. The molecule has 3 rings (SSSR count). The van der Waals surface area contributed by atoms with Crippen LogP contribution in [0, 0.1) is 6.92 Å². The van der Waals surface area contributed by atoms with E-state index in [4.69, 9.17) is 0 Å². The molecule has 2 aromatic rings.